The van der Waals surface area contributed by atoms with E-state index in [9.17, 15) is 44.6 Å². The summed E-state index contributed by atoms with van der Waals surface area (Å²) >= 11 is 0. The second kappa shape index (κ2) is 38.6. The summed E-state index contributed by atoms with van der Waals surface area (Å²) < 4.78 is 21.5. The Hall–Kier alpha value is -10.7. The van der Waals surface area contributed by atoms with E-state index in [0.717, 1.165) is 117 Å². The van der Waals surface area contributed by atoms with Crippen molar-refractivity contribution in [2.45, 2.75) is 104 Å². The zero-order valence-electron chi connectivity index (χ0n) is 59.2. The lowest BCUT2D eigenvalue weighted by atomic mass is 9.89. The van der Waals surface area contributed by atoms with Gasteiger partial charge in [-0.15, -0.1) is 0 Å². The third-order valence-electron chi connectivity index (χ3n) is 17.5. The van der Waals surface area contributed by atoms with E-state index in [2.05, 4.69) is 82.4 Å². The molecule has 0 saturated heterocycles. The van der Waals surface area contributed by atoms with E-state index < -0.39 is 11.9 Å². The van der Waals surface area contributed by atoms with Crippen LogP contribution in [-0.2, 0) is 60.6 Å². The van der Waals surface area contributed by atoms with Crippen LogP contribution < -0.4 is 30.7 Å². The summed E-state index contributed by atoms with van der Waals surface area (Å²) in [5.74, 6) is -1.72. The highest BCUT2D eigenvalue weighted by Gasteiger charge is 2.25. The molecule has 526 valence electrons. The number of anilines is 3. The van der Waals surface area contributed by atoms with Gasteiger partial charge in [-0.1, -0.05) is 92.9 Å². The van der Waals surface area contributed by atoms with E-state index in [1.165, 1.54) is 48.9 Å². The van der Waals surface area contributed by atoms with Gasteiger partial charge in [-0.3, -0.25) is 19.2 Å². The molecule has 0 unspecified atom stereocenters. The molecule has 7 aromatic carbocycles. The number of pyridine rings is 1. The molecule has 0 aliphatic carbocycles. The Morgan fingerprint density at radius 2 is 1.13 bits per heavy atom. The number of nitrogens with zero attached hydrogens (tertiary/aromatic N) is 7. The number of benzene rings is 7. The van der Waals surface area contributed by atoms with Crippen LogP contribution in [0.15, 0.2) is 120 Å². The van der Waals surface area contributed by atoms with Gasteiger partial charge in [0, 0.05) is 128 Å². The van der Waals surface area contributed by atoms with Crippen LogP contribution in [0, 0.1) is 34.0 Å². The number of amides is 3. The Kier molecular flexibility index (Phi) is 29.1. The van der Waals surface area contributed by atoms with Gasteiger partial charge in [0.2, 0.25) is 11.8 Å². The number of hydrogen-bond donors (Lipinski definition) is 3. The van der Waals surface area contributed by atoms with Crippen molar-refractivity contribution in [2.75, 3.05) is 115 Å². The number of aryl methyl sites for hydroxylation is 2. The fraction of sp³-hybridized carbons (Fsp3) is 0.383. The van der Waals surface area contributed by atoms with E-state index >= 15 is 0 Å². The summed E-state index contributed by atoms with van der Waals surface area (Å²) in [6.45, 7) is 10.6. The van der Waals surface area contributed by atoms with Crippen LogP contribution in [0.2, 0.25) is 0 Å². The molecule has 3 N–H and O–H groups in total. The number of ketones is 1. The molecule has 2 aliphatic heterocycles. The van der Waals surface area contributed by atoms with E-state index in [0.29, 0.717) is 89.2 Å². The number of carbonyl (C=O) groups is 6. The van der Waals surface area contributed by atoms with Crippen molar-refractivity contribution >= 4 is 125 Å². The van der Waals surface area contributed by atoms with E-state index in [1.54, 1.807) is 18.2 Å². The van der Waals surface area contributed by atoms with Crippen LogP contribution in [0.4, 0.5) is 17.1 Å². The van der Waals surface area contributed by atoms with Crippen LogP contribution in [0.25, 0.3) is 72.4 Å². The van der Waals surface area contributed by atoms with Crippen LogP contribution >= 0.6 is 0 Å². The monoisotopic (exact) mass is 1360 g/mol. The van der Waals surface area contributed by atoms with Gasteiger partial charge in [-0.25, -0.2) is 14.6 Å². The number of rotatable bonds is 31. The number of nitrogens with one attached hydrogen (secondary N) is 3. The van der Waals surface area contributed by atoms with Gasteiger partial charge in [0.15, 0.2) is 0 Å². The lowest BCUT2D eigenvalue weighted by Gasteiger charge is -2.37. The summed E-state index contributed by atoms with van der Waals surface area (Å²) in [6.07, 6.45) is 16.4. The standard InChI is InChI=1S/C30H43N3O4.C26H29N5O3.C25H20N2O3/c1-2-3-4-5-11-28(34)12-17-37-19-18-36-16-8-13-32-30(35)27(23-31)22-24-20-25-9-6-14-33-15-7-10-26(21-24)29(25)33;1-17(32)28-11-6-12-34-26(33)20(16-27)14-22-24(31(4)5)10-8-19-13-18-7-9-21(30(2)3)15-23(18)29-25(19)22;1-16(28)27-12-3-13-30-25(29)21(15-26)14-20-9-8-19-7-6-17-4-2-5-18-10-11-22(20)24(19)23(17)18/h20-22H,2-19H2,1H3,(H,32,35);7-10,13-15H,6,11-12H2,1-5H3,(H,28,32);2,4-11,14H,3,12-13H2,1H3,(H,27,28)/b27-22+;20-14+;21-14+. The lowest BCUT2D eigenvalue weighted by molar-refractivity contribution is -0.139. The molecule has 0 atom stereocenters. The Morgan fingerprint density at radius 1 is 0.554 bits per heavy atom. The second-order valence-corrected chi connectivity index (χ2v) is 25.5. The molecule has 3 amide bonds. The zero-order chi connectivity index (χ0) is 72.2. The van der Waals surface area contributed by atoms with Gasteiger partial charge in [0.05, 0.1) is 44.1 Å². The molecule has 101 heavy (non-hydrogen) atoms. The number of aromatic nitrogens is 1. The maximum Gasteiger partial charge on any atom is 0.348 e. The van der Waals surface area contributed by atoms with Crippen LogP contribution in [0.3, 0.4) is 0 Å². The van der Waals surface area contributed by atoms with Crippen LogP contribution in [0.1, 0.15) is 119 Å². The Labute approximate surface area is 591 Å². The molecule has 3 heterocycles. The highest BCUT2D eigenvalue weighted by atomic mass is 16.5. The molecule has 20 heteroatoms. The quantitative estimate of drug-likeness (QED) is 0.00910. The zero-order valence-corrected chi connectivity index (χ0v) is 59.2. The van der Waals surface area contributed by atoms with Gasteiger partial charge in [0.25, 0.3) is 5.91 Å². The number of nitriles is 3. The third kappa shape index (κ3) is 21.6. The van der Waals surface area contributed by atoms with E-state index in [4.69, 9.17) is 23.9 Å². The minimum absolute atomic E-state index is 0.0513. The first kappa shape index (κ1) is 76.0. The molecule has 0 saturated carbocycles. The Morgan fingerprint density at radius 3 is 1.74 bits per heavy atom. The summed E-state index contributed by atoms with van der Waals surface area (Å²) in [5, 5.41) is 45.5. The average Bonchev–Trinajstić information content (AvgIpc) is 0.755. The van der Waals surface area contributed by atoms with Crippen molar-refractivity contribution in [3.8, 4) is 18.2 Å². The first-order chi connectivity index (χ1) is 48.9. The maximum absolute atomic E-state index is 12.6. The first-order valence-corrected chi connectivity index (χ1v) is 34.8. The molecule has 1 aromatic heterocycles. The van der Waals surface area contributed by atoms with Crippen molar-refractivity contribution in [1.29, 1.82) is 15.8 Å². The third-order valence-corrected chi connectivity index (χ3v) is 17.5. The van der Waals surface area contributed by atoms with Gasteiger partial charge in [-0.05, 0) is 161 Å². The predicted molar refractivity (Wildman–Crippen MR) is 400 cm³/mol. The molecular formula is C81H92N10O10. The number of carbonyl (C=O) groups excluding carboxylic acids is 6. The molecule has 0 bridgehead atoms. The maximum atomic E-state index is 12.6. The first-order valence-electron chi connectivity index (χ1n) is 34.8. The molecular weight excluding hydrogens is 1270 g/mol. The van der Waals surface area contributed by atoms with Crippen LogP contribution in [-0.4, -0.2) is 141 Å². The normalized spacial score (nSPS) is 12.6. The molecule has 2 aliphatic rings. The minimum Gasteiger partial charge on any atom is -0.462 e. The molecule has 0 fully saturated rings. The second-order valence-electron chi connectivity index (χ2n) is 25.5. The van der Waals surface area contributed by atoms with Crippen molar-refractivity contribution in [3.63, 3.8) is 0 Å². The van der Waals surface area contributed by atoms with Crippen molar-refractivity contribution in [1.82, 2.24) is 20.9 Å². The molecule has 0 spiro atoms. The van der Waals surface area contributed by atoms with E-state index in [-0.39, 0.29) is 53.4 Å². The molecule has 8 aromatic rings. The molecule has 20 nitrogen and oxygen atoms in total. The SMILES string of the molecule is CC(=O)NCCCOC(=O)/C(C#N)=C/c1c(N(C)C)ccc2cc3ccc(N(C)C)cc3nc12.CC(=O)NCCCOC(=O)/C(C#N)=C/c1ccc2ccc3cccc4ccc1c2c34.CCCCCCC(=O)CCOCCOCCCNC(=O)/C(C#N)=C/c1cc2c3c(c1)CCCN3CCC2. The Balaban J connectivity index is 0.000000193. The van der Waals surface area contributed by atoms with Crippen molar-refractivity contribution in [2.24, 2.45) is 0 Å². The number of esters is 2. The molecule has 10 rings (SSSR count). The Bertz CT molecular complexity index is 4450. The smallest absolute Gasteiger partial charge is 0.348 e. The van der Waals surface area contributed by atoms with Gasteiger partial charge in [0.1, 0.15) is 40.7 Å². The average molecular weight is 1370 g/mol. The van der Waals surface area contributed by atoms with Gasteiger partial charge < -0.3 is 49.6 Å². The fourth-order valence-electron chi connectivity index (χ4n) is 12.4. The highest BCUT2D eigenvalue weighted by Crippen LogP contribution is 2.39. The summed E-state index contributed by atoms with van der Waals surface area (Å²) in [4.78, 5) is 82.4. The number of hydrogen-bond acceptors (Lipinski definition) is 17. The molecule has 0 radical (unpaired) electrons. The summed E-state index contributed by atoms with van der Waals surface area (Å²) in [6, 6.07) is 40.8. The minimum atomic E-state index is -0.706. The van der Waals surface area contributed by atoms with Crippen molar-refractivity contribution < 1.29 is 47.7 Å². The fourth-order valence-corrected chi connectivity index (χ4v) is 12.4. The number of ether oxygens (including phenoxy) is 4. The summed E-state index contributed by atoms with van der Waals surface area (Å²) in [5.41, 5.74) is 9.80. The predicted octanol–water partition coefficient (Wildman–Crippen LogP) is 12.8. The summed E-state index contributed by atoms with van der Waals surface area (Å²) in [7, 11) is 7.75. The highest BCUT2D eigenvalue weighted by molar-refractivity contribution is 6.24. The number of Topliss-reactive ketones (excluding diaryl/α,β-unsaturated/α-hetero) is 1. The lowest BCUT2D eigenvalue weighted by Crippen LogP contribution is -2.34. The van der Waals surface area contributed by atoms with Crippen LogP contribution in [0.5, 0.6) is 0 Å². The van der Waals surface area contributed by atoms with E-state index in [1.807, 2.05) is 105 Å². The largest absolute Gasteiger partial charge is 0.462 e. The number of fused-ring (bicyclic) bond motifs is 2. The topological polar surface area (TPSA) is 269 Å². The van der Waals surface area contributed by atoms with Crippen molar-refractivity contribution in [3.05, 3.63) is 148 Å². The van der Waals surface area contributed by atoms with Gasteiger partial charge >= 0.3 is 11.9 Å². The van der Waals surface area contributed by atoms with Gasteiger partial charge in [-0.2, -0.15) is 15.8 Å². The number of unbranched alkanes of at least 4 members (excludes halogenated alkanes) is 3.